The molecule has 9 nitrogen and oxygen atoms in total. The zero-order chi connectivity index (χ0) is 23.5. The predicted molar refractivity (Wildman–Crippen MR) is 124 cm³/mol. The van der Waals surface area contributed by atoms with Gasteiger partial charge in [-0.25, -0.2) is 4.98 Å². The summed E-state index contributed by atoms with van der Waals surface area (Å²) in [6.45, 7) is 3.79. The van der Waals surface area contributed by atoms with Crippen LogP contribution in [0.4, 0.5) is 0 Å². The van der Waals surface area contributed by atoms with Crippen molar-refractivity contribution in [2.24, 2.45) is 0 Å². The molecule has 0 radical (unpaired) electrons. The van der Waals surface area contributed by atoms with Crippen LogP contribution in [-0.4, -0.2) is 68.0 Å². The molecule has 0 bridgehead atoms. The summed E-state index contributed by atoms with van der Waals surface area (Å²) in [6.07, 6.45) is 4.48. The van der Waals surface area contributed by atoms with E-state index in [-0.39, 0.29) is 11.8 Å². The maximum Gasteiger partial charge on any atom is 0.274 e. The topological polar surface area (TPSA) is 105 Å². The monoisotopic (exact) mass is 454 g/mol. The fourth-order valence-corrected chi connectivity index (χ4v) is 3.88. The van der Waals surface area contributed by atoms with Crippen LogP contribution in [0.1, 0.15) is 26.4 Å². The second-order valence-corrected chi connectivity index (χ2v) is 7.98. The summed E-state index contributed by atoms with van der Waals surface area (Å²) in [5, 5.41) is 8.32. The second kappa shape index (κ2) is 9.22. The van der Waals surface area contributed by atoms with Gasteiger partial charge in [-0.15, -0.1) is 10.2 Å². The van der Waals surface area contributed by atoms with Gasteiger partial charge in [0.05, 0.1) is 6.20 Å². The molecule has 9 heteroatoms. The van der Waals surface area contributed by atoms with Crippen LogP contribution in [0.5, 0.6) is 0 Å². The minimum atomic E-state index is -0.172. The number of rotatable bonds is 4. The number of aryl methyl sites for hydroxylation is 1. The third-order valence-electron chi connectivity index (χ3n) is 5.82. The van der Waals surface area contributed by atoms with Crippen molar-refractivity contribution in [1.82, 2.24) is 30.0 Å². The zero-order valence-corrected chi connectivity index (χ0v) is 18.6. The maximum atomic E-state index is 13.0. The first-order chi connectivity index (χ1) is 16.6. The Morgan fingerprint density at radius 3 is 2.18 bits per heavy atom. The van der Waals surface area contributed by atoms with Crippen LogP contribution >= 0.6 is 0 Å². The molecule has 170 valence electrons. The number of hydrogen-bond donors (Lipinski definition) is 0. The summed E-state index contributed by atoms with van der Waals surface area (Å²) in [5.74, 6) is 0.606. The Morgan fingerprint density at radius 1 is 0.824 bits per heavy atom. The molecule has 5 rings (SSSR count). The molecule has 34 heavy (non-hydrogen) atoms. The second-order valence-electron chi connectivity index (χ2n) is 7.98. The molecule has 0 aliphatic carbocycles. The Labute approximate surface area is 196 Å². The van der Waals surface area contributed by atoms with Crippen LogP contribution < -0.4 is 0 Å². The summed E-state index contributed by atoms with van der Waals surface area (Å²) in [5.41, 5.74) is 3.56. The highest BCUT2D eigenvalue weighted by atomic mass is 16.4. The average Bonchev–Trinajstić information content (AvgIpc) is 3.39. The number of carbonyl (C=O) groups excluding carboxylic acids is 2. The summed E-state index contributed by atoms with van der Waals surface area (Å²) < 4.78 is 5.86. The smallest absolute Gasteiger partial charge is 0.274 e. The average molecular weight is 454 g/mol. The Balaban J connectivity index is 1.23. The van der Waals surface area contributed by atoms with Gasteiger partial charge in [0.15, 0.2) is 0 Å². The standard InChI is InChI=1S/C25H22N6O3/c1-17-4-2-3-5-20(17)23-29-28-22(34-23)18-6-8-19(9-7-18)24(32)30-12-14-31(15-13-30)25(33)21-16-26-10-11-27-21/h2-11,16H,12-15H2,1H3. The van der Waals surface area contributed by atoms with Gasteiger partial charge >= 0.3 is 0 Å². The lowest BCUT2D eigenvalue weighted by atomic mass is 10.1. The van der Waals surface area contributed by atoms with E-state index in [2.05, 4.69) is 20.2 Å². The number of nitrogens with zero attached hydrogens (tertiary/aromatic N) is 6. The van der Waals surface area contributed by atoms with Gasteiger partial charge in [0, 0.05) is 55.3 Å². The largest absolute Gasteiger partial charge is 0.416 e. The van der Waals surface area contributed by atoms with Gasteiger partial charge in [-0.1, -0.05) is 18.2 Å². The van der Waals surface area contributed by atoms with Gasteiger partial charge in [0.2, 0.25) is 11.8 Å². The SMILES string of the molecule is Cc1ccccc1-c1nnc(-c2ccc(C(=O)N3CCN(C(=O)c4cnccn4)CC3)cc2)o1. The molecule has 0 unspecified atom stereocenters. The summed E-state index contributed by atoms with van der Waals surface area (Å²) in [6, 6.07) is 14.9. The Kier molecular flexibility index (Phi) is 5.82. The first kappa shape index (κ1) is 21.4. The van der Waals surface area contributed by atoms with E-state index >= 15 is 0 Å². The van der Waals surface area contributed by atoms with E-state index in [1.807, 2.05) is 31.2 Å². The van der Waals surface area contributed by atoms with E-state index in [1.54, 1.807) is 34.1 Å². The Hall–Kier alpha value is -4.40. The first-order valence-corrected chi connectivity index (χ1v) is 10.9. The van der Waals surface area contributed by atoms with Crippen molar-refractivity contribution in [3.8, 4) is 22.9 Å². The van der Waals surface area contributed by atoms with E-state index in [0.717, 1.165) is 16.7 Å². The summed E-state index contributed by atoms with van der Waals surface area (Å²) in [7, 11) is 0. The molecule has 0 N–H and O–H groups in total. The summed E-state index contributed by atoms with van der Waals surface area (Å²) >= 11 is 0. The van der Waals surface area contributed by atoms with Crippen LogP contribution in [0, 0.1) is 6.92 Å². The van der Waals surface area contributed by atoms with Gasteiger partial charge in [0.1, 0.15) is 5.69 Å². The zero-order valence-electron chi connectivity index (χ0n) is 18.6. The van der Waals surface area contributed by atoms with Crippen LogP contribution in [0.2, 0.25) is 0 Å². The van der Waals surface area contributed by atoms with Crippen LogP contribution in [-0.2, 0) is 0 Å². The third-order valence-corrected chi connectivity index (χ3v) is 5.82. The number of amides is 2. The Bertz CT molecular complexity index is 1310. The van der Waals surface area contributed by atoms with E-state index in [9.17, 15) is 9.59 Å². The fraction of sp³-hybridized carbons (Fsp3) is 0.200. The van der Waals surface area contributed by atoms with Gasteiger partial charge in [-0.05, 0) is 42.8 Å². The fourth-order valence-electron chi connectivity index (χ4n) is 3.88. The third kappa shape index (κ3) is 4.27. The van der Waals surface area contributed by atoms with Crippen molar-refractivity contribution in [2.45, 2.75) is 6.92 Å². The minimum absolute atomic E-state index is 0.0794. The molecule has 0 spiro atoms. The normalized spacial score (nSPS) is 13.7. The molecule has 2 amide bonds. The number of piperazine rings is 1. The molecular formula is C25H22N6O3. The van der Waals surface area contributed by atoms with Gasteiger partial charge in [0.25, 0.3) is 11.8 Å². The van der Waals surface area contributed by atoms with Gasteiger partial charge < -0.3 is 14.2 Å². The van der Waals surface area contributed by atoms with Gasteiger partial charge in [-0.3, -0.25) is 14.6 Å². The van der Waals surface area contributed by atoms with Crippen molar-refractivity contribution in [3.63, 3.8) is 0 Å². The van der Waals surface area contributed by atoms with Crippen molar-refractivity contribution in [2.75, 3.05) is 26.2 Å². The highest BCUT2D eigenvalue weighted by molar-refractivity contribution is 5.95. The van der Waals surface area contributed by atoms with Crippen molar-refractivity contribution in [1.29, 1.82) is 0 Å². The highest BCUT2D eigenvalue weighted by Gasteiger charge is 2.26. The molecule has 0 saturated carbocycles. The molecule has 3 heterocycles. The van der Waals surface area contributed by atoms with E-state index in [1.165, 1.54) is 18.6 Å². The number of aromatic nitrogens is 4. The molecule has 1 aliphatic heterocycles. The first-order valence-electron chi connectivity index (χ1n) is 10.9. The Morgan fingerprint density at radius 2 is 1.50 bits per heavy atom. The van der Waals surface area contributed by atoms with E-state index in [0.29, 0.717) is 49.2 Å². The van der Waals surface area contributed by atoms with Crippen LogP contribution in [0.15, 0.2) is 71.5 Å². The van der Waals surface area contributed by atoms with Crippen molar-refractivity contribution in [3.05, 3.63) is 83.9 Å². The molecule has 1 saturated heterocycles. The van der Waals surface area contributed by atoms with Crippen molar-refractivity contribution < 1.29 is 14.0 Å². The molecule has 2 aromatic carbocycles. The predicted octanol–water partition coefficient (Wildman–Crippen LogP) is 3.10. The number of hydrogen-bond acceptors (Lipinski definition) is 7. The van der Waals surface area contributed by atoms with E-state index < -0.39 is 0 Å². The molecule has 0 atom stereocenters. The van der Waals surface area contributed by atoms with Gasteiger partial charge in [-0.2, -0.15) is 0 Å². The lowest BCUT2D eigenvalue weighted by Crippen LogP contribution is -2.50. The van der Waals surface area contributed by atoms with Crippen LogP contribution in [0.3, 0.4) is 0 Å². The lowest BCUT2D eigenvalue weighted by molar-refractivity contribution is 0.0532. The molecule has 1 fully saturated rings. The maximum absolute atomic E-state index is 13.0. The van der Waals surface area contributed by atoms with Crippen molar-refractivity contribution >= 4 is 11.8 Å². The van der Waals surface area contributed by atoms with Crippen LogP contribution in [0.25, 0.3) is 22.9 Å². The highest BCUT2D eigenvalue weighted by Crippen LogP contribution is 2.26. The number of carbonyl (C=O) groups is 2. The minimum Gasteiger partial charge on any atom is -0.416 e. The molecule has 4 aromatic rings. The van der Waals surface area contributed by atoms with E-state index in [4.69, 9.17) is 4.42 Å². The quantitative estimate of drug-likeness (QED) is 0.466. The molecule has 1 aliphatic rings. The molecular weight excluding hydrogens is 432 g/mol. The number of benzene rings is 2. The molecule has 2 aromatic heterocycles. The summed E-state index contributed by atoms with van der Waals surface area (Å²) in [4.78, 5) is 36.9. The lowest BCUT2D eigenvalue weighted by Gasteiger charge is -2.34.